The first kappa shape index (κ1) is 19.4. The molecule has 0 saturated carbocycles. The van der Waals surface area contributed by atoms with Crippen LogP contribution in [-0.4, -0.2) is 41.4 Å². The Morgan fingerprint density at radius 3 is 2.74 bits per heavy atom. The minimum Gasteiger partial charge on any atom is -0.334 e. The third kappa shape index (κ3) is 4.50. The van der Waals surface area contributed by atoms with Crippen molar-refractivity contribution in [3.05, 3.63) is 64.1 Å². The normalized spacial score (nSPS) is 15.8. The summed E-state index contributed by atoms with van der Waals surface area (Å²) >= 11 is 3.39. The van der Waals surface area contributed by atoms with Gasteiger partial charge in [-0.2, -0.15) is 0 Å². The van der Waals surface area contributed by atoms with Crippen LogP contribution in [0.25, 0.3) is 0 Å². The van der Waals surface area contributed by atoms with Crippen molar-refractivity contribution in [3.63, 3.8) is 0 Å². The van der Waals surface area contributed by atoms with Crippen LogP contribution in [0.1, 0.15) is 31.0 Å². The molecule has 0 bridgehead atoms. The van der Waals surface area contributed by atoms with Gasteiger partial charge in [-0.3, -0.25) is 4.79 Å². The number of carbonyl (C=O) groups excluding carboxylic acids is 2. The van der Waals surface area contributed by atoms with Crippen LogP contribution < -0.4 is 5.32 Å². The van der Waals surface area contributed by atoms with Gasteiger partial charge in [-0.05, 0) is 49.6 Å². The van der Waals surface area contributed by atoms with Gasteiger partial charge in [0.2, 0.25) is 5.91 Å². The van der Waals surface area contributed by atoms with Crippen LogP contribution in [0.2, 0.25) is 0 Å². The molecule has 1 aliphatic heterocycles. The van der Waals surface area contributed by atoms with Gasteiger partial charge < -0.3 is 15.1 Å². The fraction of sp³-hybridized carbons (Fsp3) is 0.333. The van der Waals surface area contributed by atoms with E-state index >= 15 is 0 Å². The zero-order chi connectivity index (χ0) is 19.4. The molecule has 2 aromatic rings. The Labute approximate surface area is 168 Å². The summed E-state index contributed by atoms with van der Waals surface area (Å²) in [6.45, 7) is 5.14. The van der Waals surface area contributed by atoms with Crippen molar-refractivity contribution in [3.8, 4) is 0 Å². The lowest BCUT2D eigenvalue weighted by atomic mass is 9.93. The summed E-state index contributed by atoms with van der Waals surface area (Å²) in [6.07, 6.45) is 0.850. The lowest BCUT2D eigenvalue weighted by Crippen LogP contribution is -2.47. The van der Waals surface area contributed by atoms with Crippen LogP contribution in [0, 0.1) is 0 Å². The molecule has 0 aromatic heterocycles. The molecule has 5 nitrogen and oxygen atoms in total. The summed E-state index contributed by atoms with van der Waals surface area (Å²) in [5.74, 6) is -0.0248. The highest BCUT2D eigenvalue weighted by Gasteiger charge is 2.29. The van der Waals surface area contributed by atoms with Crippen molar-refractivity contribution in [2.24, 2.45) is 0 Å². The van der Waals surface area contributed by atoms with Gasteiger partial charge in [-0.1, -0.05) is 46.3 Å². The topological polar surface area (TPSA) is 52.7 Å². The fourth-order valence-electron chi connectivity index (χ4n) is 3.46. The molecule has 1 aliphatic rings. The smallest absolute Gasteiger partial charge is 0.322 e. The van der Waals surface area contributed by atoms with Gasteiger partial charge in [-0.15, -0.1) is 0 Å². The molecule has 1 unspecified atom stereocenters. The van der Waals surface area contributed by atoms with Gasteiger partial charge in [0.1, 0.15) is 6.54 Å². The van der Waals surface area contributed by atoms with Gasteiger partial charge in [0.15, 0.2) is 0 Å². The molecule has 142 valence electrons. The number of halogens is 1. The molecule has 0 spiro atoms. The SMILES string of the molecule is CCN(CC(=O)N1CCc2ccccc2C1C)C(=O)Nc1cccc(Br)c1. The Morgan fingerprint density at radius 1 is 1.22 bits per heavy atom. The Morgan fingerprint density at radius 2 is 2.00 bits per heavy atom. The highest BCUT2D eigenvalue weighted by Crippen LogP contribution is 2.29. The van der Waals surface area contributed by atoms with Crippen LogP contribution in [0.15, 0.2) is 53.0 Å². The van der Waals surface area contributed by atoms with E-state index in [0.29, 0.717) is 18.8 Å². The number of fused-ring (bicyclic) bond motifs is 1. The minimum absolute atomic E-state index is 0.0225. The standard InChI is InChI=1S/C21H24BrN3O2/c1-3-24(21(27)23-18-9-6-8-17(22)13-18)14-20(26)25-12-11-16-7-4-5-10-19(16)15(25)2/h4-10,13,15H,3,11-12,14H2,1-2H3,(H,23,27). The summed E-state index contributed by atoms with van der Waals surface area (Å²) in [7, 11) is 0. The third-order valence-electron chi connectivity index (χ3n) is 4.99. The average molecular weight is 430 g/mol. The van der Waals surface area contributed by atoms with Gasteiger partial charge >= 0.3 is 6.03 Å². The molecule has 6 heteroatoms. The van der Waals surface area contributed by atoms with Crippen molar-refractivity contribution >= 4 is 33.6 Å². The van der Waals surface area contributed by atoms with E-state index in [1.54, 1.807) is 0 Å². The van der Waals surface area contributed by atoms with Crippen molar-refractivity contribution < 1.29 is 9.59 Å². The van der Waals surface area contributed by atoms with Crippen molar-refractivity contribution in [1.82, 2.24) is 9.80 Å². The molecule has 3 rings (SSSR count). The lowest BCUT2D eigenvalue weighted by molar-refractivity contribution is -0.134. The van der Waals surface area contributed by atoms with Crippen molar-refractivity contribution in [2.75, 3.05) is 25.0 Å². The van der Waals surface area contributed by atoms with Crippen LogP contribution in [-0.2, 0) is 11.2 Å². The third-order valence-corrected chi connectivity index (χ3v) is 5.48. The molecule has 0 fully saturated rings. The second kappa shape index (κ2) is 8.57. The average Bonchev–Trinajstić information content (AvgIpc) is 2.66. The highest BCUT2D eigenvalue weighted by atomic mass is 79.9. The van der Waals surface area contributed by atoms with E-state index in [9.17, 15) is 9.59 Å². The van der Waals surface area contributed by atoms with Gasteiger partial charge in [-0.25, -0.2) is 4.79 Å². The predicted octanol–water partition coefficient (Wildman–Crippen LogP) is 4.45. The molecule has 0 saturated heterocycles. The molecular formula is C21H24BrN3O2. The fourth-order valence-corrected chi connectivity index (χ4v) is 3.86. The number of amides is 3. The van der Waals surface area contributed by atoms with E-state index in [4.69, 9.17) is 0 Å². The number of benzene rings is 2. The number of carbonyl (C=O) groups is 2. The van der Waals surface area contributed by atoms with E-state index in [0.717, 1.165) is 10.9 Å². The molecule has 0 aliphatic carbocycles. The summed E-state index contributed by atoms with van der Waals surface area (Å²) in [6, 6.07) is 15.4. The van der Waals surface area contributed by atoms with Crippen LogP contribution in [0.3, 0.4) is 0 Å². The number of urea groups is 1. The quantitative estimate of drug-likeness (QED) is 0.780. The summed E-state index contributed by atoms with van der Waals surface area (Å²) in [5, 5.41) is 2.86. The number of hydrogen-bond acceptors (Lipinski definition) is 2. The van der Waals surface area contributed by atoms with Gasteiger partial charge in [0.25, 0.3) is 0 Å². The molecule has 1 heterocycles. The molecular weight excluding hydrogens is 406 g/mol. The molecule has 1 atom stereocenters. The monoisotopic (exact) mass is 429 g/mol. The molecule has 1 N–H and O–H groups in total. The van der Waals surface area contributed by atoms with Crippen LogP contribution in [0.5, 0.6) is 0 Å². The van der Waals surface area contributed by atoms with Crippen LogP contribution in [0.4, 0.5) is 10.5 Å². The van der Waals surface area contributed by atoms with Crippen molar-refractivity contribution in [1.29, 1.82) is 0 Å². The number of nitrogens with one attached hydrogen (secondary N) is 1. The molecule has 27 heavy (non-hydrogen) atoms. The largest absolute Gasteiger partial charge is 0.334 e. The summed E-state index contributed by atoms with van der Waals surface area (Å²) < 4.78 is 0.889. The maximum absolute atomic E-state index is 12.9. The van der Waals surface area contributed by atoms with Gasteiger partial charge in [0.05, 0.1) is 6.04 Å². The van der Waals surface area contributed by atoms with Gasteiger partial charge in [0, 0.05) is 23.2 Å². The van der Waals surface area contributed by atoms with E-state index in [1.807, 2.05) is 55.1 Å². The maximum atomic E-state index is 12.9. The molecule has 0 radical (unpaired) electrons. The Kier molecular flexibility index (Phi) is 6.16. The number of rotatable bonds is 4. The summed E-state index contributed by atoms with van der Waals surface area (Å²) in [4.78, 5) is 28.9. The Bertz CT molecular complexity index is 840. The second-order valence-electron chi connectivity index (χ2n) is 6.67. The number of hydrogen-bond donors (Lipinski definition) is 1. The molecule has 2 aromatic carbocycles. The lowest BCUT2D eigenvalue weighted by Gasteiger charge is -2.36. The highest BCUT2D eigenvalue weighted by molar-refractivity contribution is 9.10. The molecule has 3 amide bonds. The van der Waals surface area contributed by atoms with E-state index in [2.05, 4.69) is 33.4 Å². The predicted molar refractivity (Wildman–Crippen MR) is 111 cm³/mol. The first-order chi connectivity index (χ1) is 13.0. The maximum Gasteiger partial charge on any atom is 0.322 e. The first-order valence-corrected chi connectivity index (χ1v) is 9.97. The summed E-state index contributed by atoms with van der Waals surface area (Å²) in [5.41, 5.74) is 3.19. The zero-order valence-corrected chi connectivity index (χ0v) is 17.2. The Hall–Kier alpha value is -2.34. The van der Waals surface area contributed by atoms with E-state index in [1.165, 1.54) is 16.0 Å². The number of likely N-dealkylation sites (N-methyl/N-ethyl adjacent to an activating group) is 1. The number of anilines is 1. The minimum atomic E-state index is -0.269. The number of nitrogens with zero attached hydrogens (tertiary/aromatic N) is 2. The van der Waals surface area contributed by atoms with Crippen molar-refractivity contribution in [2.45, 2.75) is 26.3 Å². The zero-order valence-electron chi connectivity index (χ0n) is 15.6. The second-order valence-corrected chi connectivity index (χ2v) is 7.58. The van der Waals surface area contributed by atoms with Crippen LogP contribution >= 0.6 is 15.9 Å². The Balaban J connectivity index is 1.65. The van der Waals surface area contributed by atoms with E-state index < -0.39 is 0 Å². The van der Waals surface area contributed by atoms with E-state index in [-0.39, 0.29) is 24.5 Å². The first-order valence-electron chi connectivity index (χ1n) is 9.18.